The van der Waals surface area contributed by atoms with E-state index in [9.17, 15) is 9.59 Å². The molecular formula is C32H23Cl2N3O4S. The number of anilines is 1. The average Bonchev–Trinajstić information content (AvgIpc) is 3.58. The molecule has 0 saturated carbocycles. The number of ether oxygens (including phenoxy) is 1. The predicted molar refractivity (Wildman–Crippen MR) is 166 cm³/mol. The molecule has 1 amide bonds. The zero-order chi connectivity index (χ0) is 29.4. The normalized spacial score (nSPS) is 14.9. The van der Waals surface area contributed by atoms with Crippen molar-refractivity contribution in [3.8, 4) is 17.1 Å². The van der Waals surface area contributed by atoms with Gasteiger partial charge in [-0.25, -0.2) is 4.99 Å². The number of nitrogens with zero attached hydrogens (tertiary/aromatic N) is 2. The monoisotopic (exact) mass is 615 g/mol. The summed E-state index contributed by atoms with van der Waals surface area (Å²) in [5, 5.41) is 3.75. The zero-order valence-electron chi connectivity index (χ0n) is 22.4. The number of halogens is 2. The largest absolute Gasteiger partial charge is 0.497 e. The van der Waals surface area contributed by atoms with Gasteiger partial charge in [0.2, 0.25) is 0 Å². The van der Waals surface area contributed by atoms with Gasteiger partial charge in [-0.1, -0.05) is 70.9 Å². The van der Waals surface area contributed by atoms with Gasteiger partial charge in [0, 0.05) is 17.3 Å². The van der Waals surface area contributed by atoms with Crippen molar-refractivity contribution >= 4 is 52.2 Å². The van der Waals surface area contributed by atoms with Gasteiger partial charge >= 0.3 is 0 Å². The van der Waals surface area contributed by atoms with Crippen molar-refractivity contribution in [3.63, 3.8) is 0 Å². The molecule has 0 bridgehead atoms. The first kappa shape index (κ1) is 27.8. The Hall–Kier alpha value is -4.37. The zero-order valence-corrected chi connectivity index (χ0v) is 24.8. The molecule has 3 heterocycles. The van der Waals surface area contributed by atoms with Crippen LogP contribution in [-0.4, -0.2) is 17.6 Å². The summed E-state index contributed by atoms with van der Waals surface area (Å²) in [4.78, 5) is 32.8. The van der Waals surface area contributed by atoms with E-state index in [1.165, 1.54) is 11.3 Å². The number of amides is 1. The highest BCUT2D eigenvalue weighted by molar-refractivity contribution is 7.07. The number of furan rings is 1. The van der Waals surface area contributed by atoms with Gasteiger partial charge in [0.1, 0.15) is 17.3 Å². The van der Waals surface area contributed by atoms with Crippen LogP contribution in [0, 0.1) is 0 Å². The third-order valence-electron chi connectivity index (χ3n) is 6.85. The Balaban J connectivity index is 1.45. The molecule has 42 heavy (non-hydrogen) atoms. The van der Waals surface area contributed by atoms with Gasteiger partial charge in [-0.05, 0) is 61.0 Å². The van der Waals surface area contributed by atoms with Crippen molar-refractivity contribution in [2.24, 2.45) is 4.99 Å². The van der Waals surface area contributed by atoms with E-state index in [1.54, 1.807) is 73.2 Å². The van der Waals surface area contributed by atoms with Crippen molar-refractivity contribution in [2.45, 2.75) is 13.0 Å². The molecular weight excluding hydrogens is 593 g/mol. The lowest BCUT2D eigenvalue weighted by Crippen LogP contribution is -2.40. The topological polar surface area (TPSA) is 85.8 Å². The van der Waals surface area contributed by atoms with Gasteiger partial charge < -0.3 is 14.5 Å². The number of nitrogens with one attached hydrogen (secondary N) is 1. The maximum Gasteiger partial charge on any atom is 0.271 e. The number of rotatable bonds is 6. The molecule has 0 unspecified atom stereocenters. The standard InChI is InChI=1S/C32H23Cl2N3O4S/c1-18-27(30(38)36-20-7-4-3-5-8-20)29(19-11-13-21(40-2)14-12-19)37-31(39)26(42-32(37)35-18)17-22-15-16-25(41-22)23-9-6-10-24(33)28(23)34/h3-17,29H,1-2H3,(H,36,38)/b26-17+/t29-/m0/s1. The number of allylic oxidation sites excluding steroid dienone is 1. The molecule has 0 spiro atoms. The van der Waals surface area contributed by atoms with Crippen molar-refractivity contribution < 1.29 is 13.9 Å². The van der Waals surface area contributed by atoms with E-state index < -0.39 is 6.04 Å². The second kappa shape index (κ2) is 11.5. The summed E-state index contributed by atoms with van der Waals surface area (Å²) in [6, 6.07) is 24.6. The third-order valence-corrected chi connectivity index (χ3v) is 8.65. The van der Waals surface area contributed by atoms with E-state index in [1.807, 2.05) is 36.4 Å². The number of carbonyl (C=O) groups is 1. The summed E-state index contributed by atoms with van der Waals surface area (Å²) in [7, 11) is 1.58. The average molecular weight is 617 g/mol. The molecule has 10 heteroatoms. The lowest BCUT2D eigenvalue weighted by atomic mass is 9.95. The van der Waals surface area contributed by atoms with E-state index in [4.69, 9.17) is 32.4 Å². The number of aromatic nitrogens is 1. The smallest absolute Gasteiger partial charge is 0.271 e. The summed E-state index contributed by atoms with van der Waals surface area (Å²) in [5.41, 5.74) is 2.63. The number of para-hydroxylation sites is 1. The molecule has 0 saturated heterocycles. The van der Waals surface area contributed by atoms with Crippen LogP contribution in [0.1, 0.15) is 24.3 Å². The van der Waals surface area contributed by atoms with Crippen LogP contribution in [0.3, 0.4) is 0 Å². The second-order valence-corrected chi connectivity index (χ2v) is 11.3. The molecule has 5 aromatic rings. The number of methoxy groups -OCH3 is 1. The van der Waals surface area contributed by atoms with Crippen LogP contribution in [0.5, 0.6) is 5.75 Å². The Bertz CT molecular complexity index is 2030. The minimum Gasteiger partial charge on any atom is -0.497 e. The highest BCUT2D eigenvalue weighted by atomic mass is 35.5. The minimum absolute atomic E-state index is 0.296. The molecule has 1 atom stereocenters. The summed E-state index contributed by atoms with van der Waals surface area (Å²) in [6.07, 6.45) is 1.67. The second-order valence-electron chi connectivity index (χ2n) is 9.48. The number of hydrogen-bond donors (Lipinski definition) is 1. The Kier molecular flexibility index (Phi) is 7.60. The summed E-state index contributed by atoms with van der Waals surface area (Å²) in [5.74, 6) is 1.31. The highest BCUT2D eigenvalue weighted by Gasteiger charge is 2.32. The minimum atomic E-state index is -0.713. The van der Waals surface area contributed by atoms with Crippen LogP contribution >= 0.6 is 34.5 Å². The SMILES string of the molecule is COc1ccc([C@H]2C(C(=O)Nc3ccccc3)=C(C)N=c3s/c(=C/c4ccc(-c5cccc(Cl)c5Cl)o4)c(=O)n32)cc1. The number of fused-ring (bicyclic) bond motifs is 1. The van der Waals surface area contributed by atoms with Crippen LogP contribution < -0.4 is 24.9 Å². The Morgan fingerprint density at radius 2 is 1.79 bits per heavy atom. The number of thiazole rings is 1. The summed E-state index contributed by atoms with van der Waals surface area (Å²) in [6.45, 7) is 1.78. The van der Waals surface area contributed by atoms with Crippen molar-refractivity contribution in [1.29, 1.82) is 0 Å². The summed E-state index contributed by atoms with van der Waals surface area (Å²) >= 11 is 13.8. The fourth-order valence-corrected chi connectivity index (χ4v) is 6.25. The molecule has 210 valence electrons. The molecule has 3 aromatic carbocycles. The molecule has 0 aliphatic carbocycles. The maximum absolute atomic E-state index is 14.0. The molecule has 0 fully saturated rings. The lowest BCUT2D eigenvalue weighted by Gasteiger charge is -2.25. The van der Waals surface area contributed by atoms with Crippen molar-refractivity contribution in [1.82, 2.24) is 4.57 Å². The van der Waals surface area contributed by atoms with Gasteiger partial charge in [0.05, 0.1) is 39.0 Å². The number of carbonyl (C=O) groups excluding carboxylic acids is 1. The van der Waals surface area contributed by atoms with Crippen LogP contribution in [0.2, 0.25) is 10.0 Å². The van der Waals surface area contributed by atoms with Gasteiger partial charge in [-0.15, -0.1) is 0 Å². The predicted octanol–water partition coefficient (Wildman–Crippen LogP) is 6.45. The molecule has 1 N–H and O–H groups in total. The quantitative estimate of drug-likeness (QED) is 0.238. The van der Waals surface area contributed by atoms with Crippen LogP contribution in [0.4, 0.5) is 5.69 Å². The van der Waals surface area contributed by atoms with Crippen LogP contribution in [0.25, 0.3) is 17.4 Å². The first-order chi connectivity index (χ1) is 20.3. The van der Waals surface area contributed by atoms with Gasteiger partial charge in [0.25, 0.3) is 11.5 Å². The Morgan fingerprint density at radius 3 is 2.52 bits per heavy atom. The number of benzene rings is 3. The fraction of sp³-hybridized carbons (Fsp3) is 0.0938. The summed E-state index contributed by atoms with van der Waals surface area (Å²) < 4.78 is 13.3. The van der Waals surface area contributed by atoms with Gasteiger partial charge in [-0.2, -0.15) is 0 Å². The van der Waals surface area contributed by atoms with E-state index in [-0.39, 0.29) is 11.5 Å². The van der Waals surface area contributed by atoms with Crippen LogP contribution in [-0.2, 0) is 4.79 Å². The first-order valence-corrected chi connectivity index (χ1v) is 14.5. The molecule has 1 aliphatic rings. The fourth-order valence-electron chi connectivity index (χ4n) is 4.83. The van der Waals surface area contributed by atoms with Crippen molar-refractivity contribution in [2.75, 3.05) is 12.4 Å². The highest BCUT2D eigenvalue weighted by Crippen LogP contribution is 2.35. The van der Waals surface area contributed by atoms with Crippen LogP contribution in [0.15, 0.2) is 110 Å². The van der Waals surface area contributed by atoms with E-state index in [2.05, 4.69) is 10.3 Å². The van der Waals surface area contributed by atoms with E-state index in [0.717, 1.165) is 5.56 Å². The van der Waals surface area contributed by atoms with E-state index in [0.29, 0.717) is 59.2 Å². The molecule has 6 rings (SSSR count). The Morgan fingerprint density at radius 1 is 1.02 bits per heavy atom. The van der Waals surface area contributed by atoms with E-state index >= 15 is 0 Å². The molecule has 1 aliphatic heterocycles. The molecule has 0 radical (unpaired) electrons. The third kappa shape index (κ3) is 5.20. The number of hydrogen-bond acceptors (Lipinski definition) is 6. The van der Waals surface area contributed by atoms with Gasteiger partial charge in [-0.3, -0.25) is 14.2 Å². The Labute approximate surface area is 254 Å². The lowest BCUT2D eigenvalue weighted by molar-refractivity contribution is -0.113. The van der Waals surface area contributed by atoms with Gasteiger partial charge in [0.15, 0.2) is 4.80 Å². The molecule has 7 nitrogen and oxygen atoms in total. The maximum atomic E-state index is 14.0. The first-order valence-electron chi connectivity index (χ1n) is 12.9. The van der Waals surface area contributed by atoms with Crippen molar-refractivity contribution in [3.05, 3.63) is 137 Å². The molecule has 2 aromatic heterocycles.